The molecule has 6 N–H and O–H groups in total. The van der Waals surface area contributed by atoms with E-state index in [1.165, 1.54) is 6.20 Å². The van der Waals surface area contributed by atoms with Crippen LogP contribution in [0.25, 0.3) is 11.2 Å². The molecule has 3 rings (SSSR count). The predicted octanol–water partition coefficient (Wildman–Crippen LogP) is -0.363. The number of rotatable bonds is 8. The molecule has 2 heterocycles. The third-order valence-corrected chi connectivity index (χ3v) is 4.76. The minimum Gasteiger partial charge on any atom is -0.481 e. The predicted molar refractivity (Wildman–Crippen MR) is 112 cm³/mol. The number of nitrogens with two attached hydrogens (primary N) is 1. The van der Waals surface area contributed by atoms with Crippen molar-refractivity contribution in [1.82, 2.24) is 25.3 Å². The van der Waals surface area contributed by atoms with Crippen LogP contribution >= 0.6 is 0 Å². The second-order valence-corrected chi connectivity index (χ2v) is 7.13. The van der Waals surface area contributed by atoms with E-state index in [1.807, 2.05) is 0 Å². The van der Waals surface area contributed by atoms with Gasteiger partial charge in [0, 0.05) is 12.1 Å². The Morgan fingerprint density at radius 3 is 2.75 bits per heavy atom. The van der Waals surface area contributed by atoms with Crippen LogP contribution in [0, 0.1) is 5.92 Å². The van der Waals surface area contributed by atoms with Gasteiger partial charge in [-0.05, 0) is 25.3 Å². The van der Waals surface area contributed by atoms with Crippen LogP contribution in [-0.4, -0.2) is 59.7 Å². The van der Waals surface area contributed by atoms with Gasteiger partial charge in [0.15, 0.2) is 11.2 Å². The fourth-order valence-corrected chi connectivity index (χ4v) is 3.09. The van der Waals surface area contributed by atoms with Crippen molar-refractivity contribution in [2.24, 2.45) is 10.9 Å². The summed E-state index contributed by atoms with van der Waals surface area (Å²) >= 11 is 0. The van der Waals surface area contributed by atoms with E-state index in [-0.39, 0.29) is 36.5 Å². The number of nitrogens with zero attached hydrogens (tertiary/aromatic N) is 4. The molecule has 32 heavy (non-hydrogen) atoms. The van der Waals surface area contributed by atoms with E-state index in [4.69, 9.17) is 15.9 Å². The molecule has 1 aliphatic carbocycles. The molecule has 0 radical (unpaired) electrons. The zero-order valence-electron chi connectivity index (χ0n) is 16.8. The van der Waals surface area contributed by atoms with Crippen molar-refractivity contribution in [3.05, 3.63) is 34.4 Å². The number of hydrogen-bond acceptors (Lipinski definition) is 9. The van der Waals surface area contributed by atoms with Crippen molar-refractivity contribution in [3.8, 4) is 0 Å². The number of aliphatic imine (C=N–C) groups is 1. The highest BCUT2D eigenvalue weighted by Gasteiger charge is 2.26. The molecule has 2 atom stereocenters. The largest absolute Gasteiger partial charge is 0.481 e. The molecule has 0 fully saturated rings. The third-order valence-electron chi connectivity index (χ3n) is 4.76. The summed E-state index contributed by atoms with van der Waals surface area (Å²) in [4.78, 5) is 65.1. The number of amides is 1. The lowest BCUT2D eigenvalue weighted by molar-refractivity contribution is -0.143. The van der Waals surface area contributed by atoms with E-state index in [2.05, 4.69) is 30.2 Å². The monoisotopic (exact) mass is 443 g/mol. The number of nitrogen functional groups attached to an aromatic ring is 1. The van der Waals surface area contributed by atoms with E-state index in [9.17, 15) is 19.2 Å². The summed E-state index contributed by atoms with van der Waals surface area (Å²) in [5.74, 6) is -3.49. The molecule has 168 valence electrons. The summed E-state index contributed by atoms with van der Waals surface area (Å²) in [5, 5.41) is 20.2. The number of anilines is 1. The zero-order valence-corrected chi connectivity index (χ0v) is 16.8. The van der Waals surface area contributed by atoms with Crippen molar-refractivity contribution in [2.45, 2.75) is 38.3 Å². The fraction of sp³-hybridized carbons (Fsp3) is 0.368. The molecule has 2 unspecified atom stereocenters. The molecule has 2 aromatic heterocycles. The molecule has 2 aromatic rings. The average molecular weight is 443 g/mol. The molecular weight excluding hydrogens is 422 g/mol. The maximum absolute atomic E-state index is 12.3. The topological polar surface area (TPSA) is 214 Å². The summed E-state index contributed by atoms with van der Waals surface area (Å²) in [6.07, 6.45) is 5.07. The summed E-state index contributed by atoms with van der Waals surface area (Å²) in [6, 6.07) is -1.26. The Morgan fingerprint density at radius 1 is 1.31 bits per heavy atom. The Balaban J connectivity index is 1.61. The molecule has 13 nitrogen and oxygen atoms in total. The minimum absolute atomic E-state index is 0.0488. The number of aromatic nitrogens is 4. The SMILES string of the molecule is Nc1nc2ncc(CN=C3C=CC(C(=O)NC(CCC(=O)O)C(=O)O)CC3)nc2c(=O)[nH]1. The second kappa shape index (κ2) is 9.76. The normalized spacial score (nSPS) is 17.9. The zero-order chi connectivity index (χ0) is 23.3. The summed E-state index contributed by atoms with van der Waals surface area (Å²) in [5.41, 5.74) is 6.34. The van der Waals surface area contributed by atoms with Crippen molar-refractivity contribution in [1.29, 1.82) is 0 Å². The van der Waals surface area contributed by atoms with E-state index in [0.29, 0.717) is 24.2 Å². The number of nitrogens with one attached hydrogen (secondary N) is 2. The maximum atomic E-state index is 12.3. The highest BCUT2D eigenvalue weighted by Crippen LogP contribution is 2.17. The number of carbonyl (C=O) groups excluding carboxylic acids is 1. The van der Waals surface area contributed by atoms with Gasteiger partial charge in [0.1, 0.15) is 6.04 Å². The van der Waals surface area contributed by atoms with Crippen LogP contribution in [-0.2, 0) is 20.9 Å². The Labute approximate surface area is 180 Å². The van der Waals surface area contributed by atoms with Gasteiger partial charge in [-0.15, -0.1) is 0 Å². The smallest absolute Gasteiger partial charge is 0.326 e. The lowest BCUT2D eigenvalue weighted by Gasteiger charge is -2.20. The standard InChI is InChI=1S/C19H21N7O6/c20-19-25-15-14(17(30)26-19)23-11(8-22-15)7-21-10-3-1-9(2-4-10)16(29)24-12(18(31)32)5-6-13(27)28/h1,3,8-9,12H,2,4-7H2,(H,24,29)(H,27,28)(H,31,32)(H3,20,22,25,26,30). The fourth-order valence-electron chi connectivity index (χ4n) is 3.09. The van der Waals surface area contributed by atoms with Crippen molar-refractivity contribution >= 4 is 40.7 Å². The molecule has 0 aliphatic heterocycles. The lowest BCUT2D eigenvalue weighted by atomic mass is 9.93. The second-order valence-electron chi connectivity index (χ2n) is 7.13. The van der Waals surface area contributed by atoms with E-state index in [0.717, 1.165) is 0 Å². The van der Waals surface area contributed by atoms with Crippen molar-refractivity contribution in [3.63, 3.8) is 0 Å². The summed E-state index contributed by atoms with van der Waals surface area (Å²) < 4.78 is 0. The highest BCUT2D eigenvalue weighted by atomic mass is 16.4. The van der Waals surface area contributed by atoms with Crippen LogP contribution in [0.4, 0.5) is 5.95 Å². The number of allylic oxidation sites excluding steroid dienone is 1. The molecule has 0 aromatic carbocycles. The molecule has 0 spiro atoms. The van der Waals surface area contributed by atoms with Gasteiger partial charge in [0.25, 0.3) is 5.56 Å². The first-order chi connectivity index (χ1) is 15.2. The molecule has 13 heteroatoms. The number of carbonyl (C=O) groups is 3. The number of aromatic amines is 1. The van der Waals surface area contributed by atoms with Gasteiger partial charge in [-0.2, -0.15) is 4.98 Å². The minimum atomic E-state index is -1.28. The molecule has 1 aliphatic rings. The van der Waals surface area contributed by atoms with Crippen LogP contribution < -0.4 is 16.6 Å². The molecule has 1 amide bonds. The van der Waals surface area contributed by atoms with Gasteiger partial charge in [0.2, 0.25) is 11.9 Å². The average Bonchev–Trinajstić information content (AvgIpc) is 2.75. The first-order valence-electron chi connectivity index (χ1n) is 9.71. The number of carboxylic acid groups (broad SMARTS) is 2. The Morgan fingerprint density at radius 2 is 2.09 bits per heavy atom. The van der Waals surface area contributed by atoms with Crippen LogP contribution in [0.15, 0.2) is 28.1 Å². The van der Waals surface area contributed by atoms with Crippen LogP contribution in [0.5, 0.6) is 0 Å². The first kappa shape index (κ1) is 22.5. The quantitative estimate of drug-likeness (QED) is 0.357. The molecule has 0 saturated heterocycles. The first-order valence-corrected chi connectivity index (χ1v) is 9.71. The van der Waals surface area contributed by atoms with Gasteiger partial charge in [-0.25, -0.2) is 14.8 Å². The number of aliphatic carboxylic acids is 2. The van der Waals surface area contributed by atoms with E-state index < -0.39 is 35.4 Å². The number of H-pyrrole nitrogens is 1. The molecule has 0 saturated carbocycles. The Bertz CT molecular complexity index is 1170. The highest BCUT2D eigenvalue weighted by molar-refractivity contribution is 5.98. The van der Waals surface area contributed by atoms with Gasteiger partial charge < -0.3 is 21.3 Å². The number of hydrogen-bond donors (Lipinski definition) is 5. The molecule has 0 bridgehead atoms. The maximum Gasteiger partial charge on any atom is 0.326 e. The Kier molecular flexibility index (Phi) is 6.87. The van der Waals surface area contributed by atoms with Gasteiger partial charge in [0.05, 0.1) is 24.4 Å². The molecular formula is C19H21N7O6. The van der Waals surface area contributed by atoms with E-state index in [1.54, 1.807) is 12.2 Å². The summed E-state index contributed by atoms with van der Waals surface area (Å²) in [7, 11) is 0. The number of fused-ring (bicyclic) bond motifs is 1. The van der Waals surface area contributed by atoms with Gasteiger partial charge >= 0.3 is 11.9 Å². The van der Waals surface area contributed by atoms with Crippen LogP contribution in [0.3, 0.4) is 0 Å². The van der Waals surface area contributed by atoms with Crippen LogP contribution in [0.2, 0.25) is 0 Å². The lowest BCUT2D eigenvalue weighted by Crippen LogP contribution is -2.44. The van der Waals surface area contributed by atoms with Gasteiger partial charge in [-0.3, -0.25) is 24.4 Å². The summed E-state index contributed by atoms with van der Waals surface area (Å²) in [6.45, 7) is 0.166. The van der Waals surface area contributed by atoms with Crippen molar-refractivity contribution in [2.75, 3.05) is 5.73 Å². The third kappa shape index (κ3) is 5.71. The van der Waals surface area contributed by atoms with Gasteiger partial charge in [-0.1, -0.05) is 6.08 Å². The van der Waals surface area contributed by atoms with Crippen molar-refractivity contribution < 1.29 is 24.6 Å². The Hall–Kier alpha value is -4.16. The number of carboxylic acids is 2. The van der Waals surface area contributed by atoms with E-state index >= 15 is 0 Å². The van der Waals surface area contributed by atoms with Crippen LogP contribution in [0.1, 0.15) is 31.4 Å².